The number of carbonyl (C=O) groups excluding carboxylic acids is 2. The Hall–Kier alpha value is -1.59. The van der Waals surface area contributed by atoms with Crippen LogP contribution in [-0.4, -0.2) is 49.9 Å². The van der Waals surface area contributed by atoms with E-state index >= 15 is 0 Å². The quantitative estimate of drug-likeness (QED) is 0.833. The van der Waals surface area contributed by atoms with E-state index in [-0.39, 0.29) is 11.8 Å². The molecule has 1 aliphatic heterocycles. The molecule has 0 bridgehead atoms. The molecule has 0 radical (unpaired) electrons. The topological polar surface area (TPSA) is 61.4 Å². The van der Waals surface area contributed by atoms with Crippen LogP contribution in [0, 0.1) is 5.92 Å². The highest BCUT2D eigenvalue weighted by Crippen LogP contribution is 2.14. The summed E-state index contributed by atoms with van der Waals surface area (Å²) >= 11 is 5.78. The number of benzene rings is 1. The van der Waals surface area contributed by atoms with Gasteiger partial charge in [-0.25, -0.2) is 0 Å². The number of hydrogen-bond acceptors (Lipinski definition) is 3. The van der Waals surface area contributed by atoms with Crippen molar-refractivity contribution < 1.29 is 9.59 Å². The van der Waals surface area contributed by atoms with Crippen molar-refractivity contribution in [3.8, 4) is 0 Å². The minimum absolute atomic E-state index is 0.0136. The predicted octanol–water partition coefficient (Wildman–Crippen LogP) is 1.92. The lowest BCUT2D eigenvalue weighted by Gasteiger charge is -2.28. The maximum absolute atomic E-state index is 11.9. The molecule has 1 aliphatic rings. The highest BCUT2D eigenvalue weighted by atomic mass is 35.5. The predicted molar refractivity (Wildman–Crippen MR) is 91.6 cm³/mol. The maximum Gasteiger partial charge on any atom is 0.251 e. The Kier molecular flexibility index (Phi) is 6.86. The van der Waals surface area contributed by atoms with Crippen molar-refractivity contribution in [1.82, 2.24) is 15.5 Å². The zero-order valence-corrected chi connectivity index (χ0v) is 14.2. The van der Waals surface area contributed by atoms with Gasteiger partial charge in [-0.2, -0.15) is 0 Å². The van der Waals surface area contributed by atoms with Gasteiger partial charge in [0.15, 0.2) is 0 Å². The van der Waals surface area contributed by atoms with Gasteiger partial charge in [0.2, 0.25) is 5.91 Å². The van der Waals surface area contributed by atoms with E-state index in [0.29, 0.717) is 29.5 Å². The Labute approximate surface area is 142 Å². The Morgan fingerprint density at radius 2 is 1.83 bits per heavy atom. The van der Waals surface area contributed by atoms with E-state index in [4.69, 9.17) is 11.6 Å². The molecule has 2 amide bonds. The van der Waals surface area contributed by atoms with Crippen LogP contribution in [0.3, 0.4) is 0 Å². The zero-order chi connectivity index (χ0) is 16.7. The number of rotatable bonds is 6. The molecule has 1 fully saturated rings. The van der Waals surface area contributed by atoms with Crippen molar-refractivity contribution in [3.63, 3.8) is 0 Å². The number of nitrogens with one attached hydrogen (secondary N) is 2. The highest BCUT2D eigenvalue weighted by molar-refractivity contribution is 6.30. The lowest BCUT2D eigenvalue weighted by atomic mass is 9.97. The van der Waals surface area contributed by atoms with Gasteiger partial charge in [-0.1, -0.05) is 11.6 Å². The molecule has 0 aromatic heterocycles. The zero-order valence-electron chi connectivity index (χ0n) is 13.5. The van der Waals surface area contributed by atoms with Crippen molar-refractivity contribution in [2.75, 3.05) is 33.2 Å². The molecule has 2 N–H and O–H groups in total. The van der Waals surface area contributed by atoms with Crippen LogP contribution >= 0.6 is 11.6 Å². The second kappa shape index (κ2) is 8.89. The molecule has 0 spiro atoms. The van der Waals surface area contributed by atoms with Crippen LogP contribution in [0.4, 0.5) is 0 Å². The third kappa shape index (κ3) is 6.20. The summed E-state index contributed by atoms with van der Waals surface area (Å²) < 4.78 is 0. The normalized spacial score (nSPS) is 16.1. The number of amides is 2. The summed E-state index contributed by atoms with van der Waals surface area (Å²) in [7, 11) is 2.12. The molecule has 2 rings (SSSR count). The second-order valence-electron chi connectivity index (χ2n) is 6.06. The molecule has 0 atom stereocenters. The number of nitrogens with zero attached hydrogens (tertiary/aromatic N) is 1. The monoisotopic (exact) mass is 337 g/mol. The maximum atomic E-state index is 11.9. The van der Waals surface area contributed by atoms with Gasteiger partial charge in [0.1, 0.15) is 0 Å². The molecule has 126 valence electrons. The molecule has 1 aromatic carbocycles. The SMILES string of the molecule is CN1CCC(CNC(=O)CCNC(=O)c2ccc(Cl)cc2)CC1. The fourth-order valence-electron chi connectivity index (χ4n) is 2.61. The van der Waals surface area contributed by atoms with Gasteiger partial charge in [0.05, 0.1) is 0 Å². The molecule has 0 aliphatic carbocycles. The van der Waals surface area contributed by atoms with Crippen molar-refractivity contribution in [1.29, 1.82) is 0 Å². The van der Waals surface area contributed by atoms with Crippen molar-refractivity contribution in [2.45, 2.75) is 19.3 Å². The second-order valence-corrected chi connectivity index (χ2v) is 6.50. The first-order valence-electron chi connectivity index (χ1n) is 8.03. The largest absolute Gasteiger partial charge is 0.356 e. The van der Waals surface area contributed by atoms with Crippen LogP contribution in [0.15, 0.2) is 24.3 Å². The number of likely N-dealkylation sites (tertiary alicyclic amines) is 1. The number of halogens is 1. The molecule has 0 unspecified atom stereocenters. The molecule has 1 aromatic rings. The van der Waals surface area contributed by atoms with Crippen molar-refractivity contribution in [3.05, 3.63) is 34.9 Å². The van der Waals surface area contributed by atoms with Crippen LogP contribution in [0.25, 0.3) is 0 Å². The van der Waals surface area contributed by atoms with E-state index in [1.165, 1.54) is 0 Å². The summed E-state index contributed by atoms with van der Waals surface area (Å²) in [6.07, 6.45) is 2.56. The van der Waals surface area contributed by atoms with Crippen LogP contribution in [0.1, 0.15) is 29.6 Å². The minimum atomic E-state index is -0.190. The number of hydrogen-bond donors (Lipinski definition) is 2. The van der Waals surface area contributed by atoms with Gasteiger partial charge >= 0.3 is 0 Å². The molecule has 6 heteroatoms. The Balaban J connectivity index is 1.61. The third-order valence-electron chi connectivity index (χ3n) is 4.17. The van der Waals surface area contributed by atoms with E-state index in [2.05, 4.69) is 22.6 Å². The highest BCUT2D eigenvalue weighted by Gasteiger charge is 2.17. The van der Waals surface area contributed by atoms with Crippen molar-refractivity contribution >= 4 is 23.4 Å². The first-order chi connectivity index (χ1) is 11.0. The average molecular weight is 338 g/mol. The molecule has 0 saturated carbocycles. The number of piperidine rings is 1. The summed E-state index contributed by atoms with van der Waals surface area (Å²) in [4.78, 5) is 26.0. The van der Waals surface area contributed by atoms with E-state index in [1.807, 2.05) is 0 Å². The number of carbonyl (C=O) groups is 2. The molecule has 23 heavy (non-hydrogen) atoms. The van der Waals surface area contributed by atoms with E-state index in [1.54, 1.807) is 24.3 Å². The van der Waals surface area contributed by atoms with Gasteiger partial charge in [-0.3, -0.25) is 9.59 Å². The smallest absolute Gasteiger partial charge is 0.251 e. The van der Waals surface area contributed by atoms with Crippen molar-refractivity contribution in [2.24, 2.45) is 5.92 Å². The van der Waals surface area contributed by atoms with Crippen LogP contribution < -0.4 is 10.6 Å². The van der Waals surface area contributed by atoms with Crippen LogP contribution in [0.5, 0.6) is 0 Å². The summed E-state index contributed by atoms with van der Waals surface area (Å²) in [5, 5.41) is 6.30. The first kappa shape index (κ1) is 17.8. The molecule has 5 nitrogen and oxygen atoms in total. The molecule has 1 heterocycles. The molecular formula is C17H24ClN3O2. The fourth-order valence-corrected chi connectivity index (χ4v) is 2.73. The minimum Gasteiger partial charge on any atom is -0.356 e. The van der Waals surface area contributed by atoms with Crippen LogP contribution in [0.2, 0.25) is 5.02 Å². The van der Waals surface area contributed by atoms with Gasteiger partial charge in [0, 0.05) is 30.1 Å². The van der Waals surface area contributed by atoms with Gasteiger partial charge < -0.3 is 15.5 Å². The molecular weight excluding hydrogens is 314 g/mol. The van der Waals surface area contributed by atoms with E-state index in [0.717, 1.165) is 32.5 Å². The third-order valence-corrected chi connectivity index (χ3v) is 4.42. The lowest BCUT2D eigenvalue weighted by molar-refractivity contribution is -0.121. The van der Waals surface area contributed by atoms with Gasteiger partial charge in [-0.05, 0) is 63.2 Å². The summed E-state index contributed by atoms with van der Waals surface area (Å²) in [6, 6.07) is 6.67. The van der Waals surface area contributed by atoms with E-state index in [9.17, 15) is 9.59 Å². The van der Waals surface area contributed by atoms with Gasteiger partial charge in [0.25, 0.3) is 5.91 Å². The lowest BCUT2D eigenvalue weighted by Crippen LogP contribution is -2.37. The Morgan fingerprint density at radius 1 is 1.17 bits per heavy atom. The molecule has 1 saturated heterocycles. The fraction of sp³-hybridized carbons (Fsp3) is 0.529. The average Bonchev–Trinajstić information content (AvgIpc) is 2.55. The van der Waals surface area contributed by atoms with Crippen LogP contribution in [-0.2, 0) is 4.79 Å². The first-order valence-corrected chi connectivity index (χ1v) is 8.41. The Bertz CT molecular complexity index is 525. The Morgan fingerprint density at radius 3 is 2.48 bits per heavy atom. The summed E-state index contributed by atoms with van der Waals surface area (Å²) in [5.41, 5.74) is 0.543. The standard InChI is InChI=1S/C17H24ClN3O2/c1-21-10-7-13(8-11-21)12-20-16(22)6-9-19-17(23)14-2-4-15(18)5-3-14/h2-5,13H,6-12H2,1H3,(H,19,23)(H,20,22). The van der Waals surface area contributed by atoms with E-state index < -0.39 is 0 Å². The summed E-state index contributed by atoms with van der Waals surface area (Å²) in [5.74, 6) is 0.365. The summed E-state index contributed by atoms with van der Waals surface area (Å²) in [6.45, 7) is 3.26. The van der Waals surface area contributed by atoms with Gasteiger partial charge in [-0.15, -0.1) is 0 Å².